The minimum atomic E-state index is -4.62. The third-order valence-corrected chi connectivity index (χ3v) is 7.07. The van der Waals surface area contributed by atoms with Crippen molar-refractivity contribution in [2.24, 2.45) is 0 Å². The van der Waals surface area contributed by atoms with Crippen LogP contribution in [0.1, 0.15) is 12.5 Å². The lowest BCUT2D eigenvalue weighted by Crippen LogP contribution is -2.50. The van der Waals surface area contributed by atoms with Gasteiger partial charge >= 0.3 is 6.18 Å². The summed E-state index contributed by atoms with van der Waals surface area (Å²) < 4.78 is 76.5. The third kappa shape index (κ3) is 6.83. The first kappa shape index (κ1) is 25.3. The Bertz CT molecular complexity index is 1010. The summed E-state index contributed by atoms with van der Waals surface area (Å²) in [5.41, 5.74) is -1.00. The second kappa shape index (κ2) is 10.7. The molecule has 0 spiro atoms. The highest BCUT2D eigenvalue weighted by molar-refractivity contribution is 7.89. The Balaban J connectivity index is 1.49. The van der Waals surface area contributed by atoms with Crippen molar-refractivity contribution in [3.8, 4) is 11.5 Å². The predicted octanol–water partition coefficient (Wildman–Crippen LogP) is 2.85. The Kier molecular flexibility index (Phi) is 8.22. The monoisotopic (exact) mass is 488 g/mol. The molecule has 1 heterocycles. The molecule has 0 unspecified atom stereocenters. The van der Waals surface area contributed by atoms with Gasteiger partial charge in [-0.05, 0) is 49.4 Å². The zero-order valence-corrected chi connectivity index (χ0v) is 19.0. The number of alkyl halides is 3. The van der Waals surface area contributed by atoms with E-state index in [1.54, 1.807) is 24.3 Å². The van der Waals surface area contributed by atoms with Gasteiger partial charge in [0.15, 0.2) is 0 Å². The van der Waals surface area contributed by atoms with Crippen LogP contribution in [0.3, 0.4) is 0 Å². The fourth-order valence-electron chi connectivity index (χ4n) is 3.48. The van der Waals surface area contributed by atoms with Crippen LogP contribution in [0, 0.1) is 0 Å². The molecule has 2 aromatic carbocycles. The lowest BCUT2D eigenvalue weighted by Gasteiger charge is -2.34. The lowest BCUT2D eigenvalue weighted by molar-refractivity contribution is -0.137. The second-order valence-corrected chi connectivity index (χ2v) is 9.54. The molecule has 0 amide bonds. The molecule has 0 bridgehead atoms. The number of piperazine rings is 1. The lowest BCUT2D eigenvalue weighted by atomic mass is 10.2. The molecule has 1 aliphatic heterocycles. The highest BCUT2D eigenvalue weighted by atomic mass is 32.2. The fraction of sp³-hybridized carbons (Fsp3) is 0.455. The SMILES string of the molecule is CCOc1ccc(OC[C@@H](O)CN2CCN(S(=O)(=O)c3cccc(C(F)(F)F)c3)CC2)cc1. The summed E-state index contributed by atoms with van der Waals surface area (Å²) in [6.07, 6.45) is -5.41. The molecule has 2 aromatic rings. The number of aliphatic hydroxyl groups excluding tert-OH is 1. The molecule has 1 fully saturated rings. The van der Waals surface area contributed by atoms with Crippen molar-refractivity contribution in [2.75, 3.05) is 45.9 Å². The largest absolute Gasteiger partial charge is 0.494 e. The van der Waals surface area contributed by atoms with Crippen LogP contribution in [-0.4, -0.2) is 74.8 Å². The molecule has 11 heteroatoms. The van der Waals surface area contributed by atoms with Gasteiger partial charge in [0, 0.05) is 32.7 Å². The summed E-state index contributed by atoms with van der Waals surface area (Å²) in [5, 5.41) is 10.3. The minimum absolute atomic E-state index is 0.0662. The molecule has 0 radical (unpaired) electrons. The smallest absolute Gasteiger partial charge is 0.416 e. The molecule has 7 nitrogen and oxygen atoms in total. The van der Waals surface area contributed by atoms with E-state index in [4.69, 9.17) is 9.47 Å². The number of rotatable bonds is 9. The van der Waals surface area contributed by atoms with Gasteiger partial charge in [0.2, 0.25) is 10.0 Å². The molecular weight excluding hydrogens is 461 g/mol. The van der Waals surface area contributed by atoms with Crippen LogP contribution in [-0.2, 0) is 16.2 Å². The Labute approximate surface area is 191 Å². The standard InChI is InChI=1S/C22H27F3N2O5S/c1-2-31-19-6-8-20(9-7-19)32-16-18(28)15-26-10-12-27(13-11-26)33(29,30)21-5-3-4-17(14-21)22(23,24)25/h3-9,14,18,28H,2,10-13,15-16H2,1H3/t18-/m0/s1. The van der Waals surface area contributed by atoms with E-state index in [-0.39, 0.29) is 31.1 Å². The Morgan fingerprint density at radius 2 is 1.61 bits per heavy atom. The van der Waals surface area contributed by atoms with Crippen molar-refractivity contribution < 1.29 is 36.2 Å². The maximum atomic E-state index is 12.9. The van der Waals surface area contributed by atoms with Gasteiger partial charge in [0.1, 0.15) is 24.2 Å². The number of hydrogen-bond acceptors (Lipinski definition) is 6. The van der Waals surface area contributed by atoms with Gasteiger partial charge in [-0.25, -0.2) is 8.42 Å². The first-order valence-corrected chi connectivity index (χ1v) is 12.0. The van der Waals surface area contributed by atoms with Crippen LogP contribution in [0.15, 0.2) is 53.4 Å². The van der Waals surface area contributed by atoms with Crippen molar-refractivity contribution in [3.05, 3.63) is 54.1 Å². The number of benzene rings is 2. The van der Waals surface area contributed by atoms with Crippen LogP contribution in [0.4, 0.5) is 13.2 Å². The summed E-state index contributed by atoms with van der Waals surface area (Å²) in [6.45, 7) is 3.73. The first-order chi connectivity index (χ1) is 15.6. The zero-order chi connectivity index (χ0) is 24.1. The zero-order valence-electron chi connectivity index (χ0n) is 18.2. The summed E-state index contributed by atoms with van der Waals surface area (Å²) >= 11 is 0. The number of ether oxygens (including phenoxy) is 2. The molecule has 0 saturated carbocycles. The van der Waals surface area contributed by atoms with Crippen molar-refractivity contribution in [1.82, 2.24) is 9.21 Å². The molecule has 1 saturated heterocycles. The summed E-state index contributed by atoms with van der Waals surface area (Å²) in [6, 6.07) is 10.8. The fourth-order valence-corrected chi connectivity index (χ4v) is 4.94. The molecule has 182 valence electrons. The number of sulfonamides is 1. The second-order valence-electron chi connectivity index (χ2n) is 7.60. The van der Waals surface area contributed by atoms with Crippen molar-refractivity contribution in [2.45, 2.75) is 24.1 Å². The Morgan fingerprint density at radius 3 is 2.18 bits per heavy atom. The summed E-state index contributed by atoms with van der Waals surface area (Å²) in [7, 11) is -4.04. The third-order valence-electron chi connectivity index (χ3n) is 5.18. The van der Waals surface area contributed by atoms with Crippen LogP contribution < -0.4 is 9.47 Å². The van der Waals surface area contributed by atoms with E-state index in [9.17, 15) is 26.7 Å². The van der Waals surface area contributed by atoms with Crippen LogP contribution in [0.25, 0.3) is 0 Å². The number of hydrogen-bond donors (Lipinski definition) is 1. The van der Waals surface area contributed by atoms with Gasteiger partial charge in [-0.3, -0.25) is 4.90 Å². The minimum Gasteiger partial charge on any atom is -0.494 e. The van der Waals surface area contributed by atoms with Gasteiger partial charge in [0.05, 0.1) is 17.1 Å². The van der Waals surface area contributed by atoms with Gasteiger partial charge in [0.25, 0.3) is 0 Å². The van der Waals surface area contributed by atoms with Crippen molar-refractivity contribution in [3.63, 3.8) is 0 Å². The van der Waals surface area contributed by atoms with Crippen LogP contribution >= 0.6 is 0 Å². The quantitative estimate of drug-likeness (QED) is 0.585. The first-order valence-electron chi connectivity index (χ1n) is 10.5. The molecular formula is C22H27F3N2O5S. The average molecular weight is 489 g/mol. The number of aliphatic hydroxyl groups is 1. The van der Waals surface area contributed by atoms with E-state index in [0.29, 0.717) is 31.5 Å². The maximum Gasteiger partial charge on any atom is 0.416 e. The van der Waals surface area contributed by atoms with E-state index in [1.807, 2.05) is 11.8 Å². The molecule has 1 atom stereocenters. The van der Waals surface area contributed by atoms with E-state index >= 15 is 0 Å². The normalized spacial score (nSPS) is 17.0. The molecule has 1 N–H and O–H groups in total. The number of β-amino-alcohol motifs (C(OH)–C–C–N with tert-alkyl or cyclic N) is 1. The Hall–Kier alpha value is -2.34. The Morgan fingerprint density at radius 1 is 1.00 bits per heavy atom. The number of halogens is 3. The average Bonchev–Trinajstić information content (AvgIpc) is 2.79. The van der Waals surface area contributed by atoms with E-state index < -0.39 is 27.9 Å². The molecule has 3 rings (SSSR count). The molecule has 0 aromatic heterocycles. The van der Waals surface area contributed by atoms with Gasteiger partial charge in [-0.1, -0.05) is 6.07 Å². The van der Waals surface area contributed by atoms with Crippen LogP contribution in [0.5, 0.6) is 11.5 Å². The van der Waals surface area contributed by atoms with Gasteiger partial charge in [-0.15, -0.1) is 0 Å². The summed E-state index contributed by atoms with van der Waals surface area (Å²) in [4.78, 5) is 1.51. The van der Waals surface area contributed by atoms with Gasteiger partial charge < -0.3 is 14.6 Å². The molecule has 33 heavy (non-hydrogen) atoms. The van der Waals surface area contributed by atoms with E-state index in [1.165, 1.54) is 10.4 Å². The molecule has 1 aliphatic rings. The highest BCUT2D eigenvalue weighted by Gasteiger charge is 2.34. The topological polar surface area (TPSA) is 79.3 Å². The van der Waals surface area contributed by atoms with Gasteiger partial charge in [-0.2, -0.15) is 17.5 Å². The maximum absolute atomic E-state index is 12.9. The van der Waals surface area contributed by atoms with Crippen molar-refractivity contribution >= 4 is 10.0 Å². The summed E-state index contributed by atoms with van der Waals surface area (Å²) in [5.74, 6) is 1.32. The van der Waals surface area contributed by atoms with E-state index in [2.05, 4.69) is 0 Å². The highest BCUT2D eigenvalue weighted by Crippen LogP contribution is 2.31. The number of nitrogens with zero attached hydrogens (tertiary/aromatic N) is 2. The van der Waals surface area contributed by atoms with Crippen molar-refractivity contribution in [1.29, 1.82) is 0 Å². The van der Waals surface area contributed by atoms with Crippen LogP contribution in [0.2, 0.25) is 0 Å². The van der Waals surface area contributed by atoms with E-state index in [0.717, 1.165) is 17.9 Å². The predicted molar refractivity (Wildman–Crippen MR) is 116 cm³/mol. The molecule has 0 aliphatic carbocycles.